The first-order valence-electron chi connectivity index (χ1n) is 38.9. The van der Waals surface area contributed by atoms with Gasteiger partial charge >= 0.3 is 0 Å². The van der Waals surface area contributed by atoms with E-state index in [1.165, 1.54) is 186 Å². The van der Waals surface area contributed by atoms with Gasteiger partial charge in [0.15, 0.2) is 18.9 Å². The van der Waals surface area contributed by atoms with Gasteiger partial charge in [-0.3, -0.25) is 4.79 Å². The molecule has 19 heteroatoms. The van der Waals surface area contributed by atoms with Gasteiger partial charge < -0.3 is 89.9 Å². The number of carbonyl (C=O) groups is 1. The molecule has 3 heterocycles. The van der Waals surface area contributed by atoms with E-state index in [9.17, 15) is 61.0 Å². The molecule has 19 nitrogen and oxygen atoms in total. The van der Waals surface area contributed by atoms with Gasteiger partial charge in [-0.1, -0.05) is 294 Å². The monoisotopic (exact) mass is 1370 g/mol. The summed E-state index contributed by atoms with van der Waals surface area (Å²) in [5.74, 6) is -0.249. The molecule has 0 saturated carbocycles. The normalized spacial score (nSPS) is 27.3. The molecule has 17 unspecified atom stereocenters. The van der Waals surface area contributed by atoms with Gasteiger partial charge in [0.25, 0.3) is 0 Å². The molecule has 0 aromatic heterocycles. The number of hydrogen-bond acceptors (Lipinski definition) is 18. The fraction of sp³-hybridized carbons (Fsp3) is 0.883. The van der Waals surface area contributed by atoms with Crippen molar-refractivity contribution in [2.75, 3.05) is 26.4 Å². The van der Waals surface area contributed by atoms with Crippen molar-refractivity contribution < 1.29 is 89.4 Å². The summed E-state index contributed by atoms with van der Waals surface area (Å²) in [5, 5.41) is 121. The molecular weight excluding hydrogens is 1230 g/mol. The molecule has 0 radical (unpaired) electrons. The summed E-state index contributed by atoms with van der Waals surface area (Å²) in [5.41, 5.74) is 0. The quantitative estimate of drug-likeness (QED) is 0.0199. The molecular formula is C77H141NO18. The Kier molecular flexibility index (Phi) is 53.4. The zero-order valence-electron chi connectivity index (χ0n) is 59.9. The summed E-state index contributed by atoms with van der Waals surface area (Å²) in [6, 6.07) is -0.895. The number of aliphatic hydroxyl groups excluding tert-OH is 11. The van der Waals surface area contributed by atoms with E-state index in [1.807, 2.05) is 0 Å². The van der Waals surface area contributed by atoms with Gasteiger partial charge in [-0.25, -0.2) is 0 Å². The topological polar surface area (TPSA) is 307 Å². The van der Waals surface area contributed by atoms with Crippen LogP contribution in [0.15, 0.2) is 48.6 Å². The van der Waals surface area contributed by atoms with Crippen LogP contribution in [-0.2, 0) is 33.2 Å². The summed E-state index contributed by atoms with van der Waals surface area (Å²) >= 11 is 0. The van der Waals surface area contributed by atoms with Crippen LogP contribution in [0.1, 0.15) is 303 Å². The zero-order valence-corrected chi connectivity index (χ0v) is 59.9. The van der Waals surface area contributed by atoms with E-state index in [2.05, 4.69) is 67.8 Å². The van der Waals surface area contributed by atoms with Gasteiger partial charge in [0.1, 0.15) is 73.2 Å². The van der Waals surface area contributed by atoms with Crippen LogP contribution in [0.2, 0.25) is 0 Å². The predicted octanol–water partition coefficient (Wildman–Crippen LogP) is 12.1. The number of hydrogen-bond donors (Lipinski definition) is 12. The maximum atomic E-state index is 13.5. The molecule has 3 fully saturated rings. The standard InChI is InChI=1S/C77H141NO18/c1-3-5-7-9-11-13-15-17-19-21-23-25-26-27-28-29-30-31-32-33-35-36-38-40-42-44-46-48-50-52-54-61(82)60(78-65(83)55-53-51-49-47-45-43-41-39-37-34-24-22-20-18-16-14-12-10-8-6-4-2)59-91-75-71(89)68(86)73(63(57-80)93-75)96-77-72(90)69(87)74(64(58-81)94-77)95-76-70(88)67(85)66(84)62(56-79)92-76/h6,8,12,14,18,20,24,34,60-64,66-77,79-82,84-90H,3-5,7,9-11,13,15-17,19,21-23,25-33,35-59H2,1-2H3,(H,78,83)/b8-6-,14-12-,20-18-,34-24-. The first-order chi connectivity index (χ1) is 46.8. The van der Waals surface area contributed by atoms with Crippen molar-refractivity contribution in [1.29, 1.82) is 0 Å². The van der Waals surface area contributed by atoms with Crippen LogP contribution in [0, 0.1) is 0 Å². The lowest BCUT2D eigenvalue weighted by molar-refractivity contribution is -0.379. The molecule has 3 rings (SSSR count). The Balaban J connectivity index is 1.38. The molecule has 0 aromatic carbocycles. The minimum Gasteiger partial charge on any atom is -0.394 e. The van der Waals surface area contributed by atoms with Crippen molar-refractivity contribution >= 4 is 5.91 Å². The summed E-state index contributed by atoms with van der Waals surface area (Å²) < 4.78 is 34.5. The zero-order chi connectivity index (χ0) is 69.6. The minimum absolute atomic E-state index is 0.249. The van der Waals surface area contributed by atoms with Crippen molar-refractivity contribution in [1.82, 2.24) is 5.32 Å². The Hall–Kier alpha value is -2.25. The third kappa shape index (κ3) is 38.7. The molecule has 3 saturated heterocycles. The lowest BCUT2D eigenvalue weighted by atomic mass is 9.96. The Morgan fingerprint density at radius 2 is 0.719 bits per heavy atom. The third-order valence-electron chi connectivity index (χ3n) is 19.4. The average molecular weight is 1370 g/mol. The van der Waals surface area contributed by atoms with Crippen molar-refractivity contribution in [2.45, 2.75) is 407 Å². The van der Waals surface area contributed by atoms with Crippen LogP contribution in [0.3, 0.4) is 0 Å². The molecule has 3 aliphatic heterocycles. The lowest BCUT2D eigenvalue weighted by Crippen LogP contribution is -2.66. The SMILES string of the molecule is CC/C=C\C/C=C\C/C=C\C/C=C\CCCCCCCCCCC(=O)NC(COC1OC(CO)C(OC2OC(CO)C(OC3OC(CO)C(O)C(O)C3O)C(O)C2O)C(O)C1O)C(O)CCCCCCCCCCCCCCCCCCCCCCCCCCCCCCCC. The highest BCUT2D eigenvalue weighted by Crippen LogP contribution is 2.33. The van der Waals surface area contributed by atoms with E-state index in [-0.39, 0.29) is 18.9 Å². The second kappa shape index (κ2) is 58.3. The molecule has 12 N–H and O–H groups in total. The van der Waals surface area contributed by atoms with E-state index in [4.69, 9.17) is 28.4 Å². The Morgan fingerprint density at radius 3 is 1.12 bits per heavy atom. The number of unbranched alkanes of at least 4 members (excludes halogenated alkanes) is 37. The van der Waals surface area contributed by atoms with Crippen molar-refractivity contribution in [3.05, 3.63) is 48.6 Å². The highest BCUT2D eigenvalue weighted by Gasteiger charge is 2.54. The molecule has 1 amide bonds. The number of nitrogens with one attached hydrogen (secondary N) is 1. The van der Waals surface area contributed by atoms with E-state index in [0.29, 0.717) is 12.8 Å². The van der Waals surface area contributed by atoms with Crippen LogP contribution in [0.5, 0.6) is 0 Å². The van der Waals surface area contributed by atoms with Crippen molar-refractivity contribution in [3.63, 3.8) is 0 Å². The van der Waals surface area contributed by atoms with Gasteiger partial charge in [0.2, 0.25) is 5.91 Å². The number of rotatable bonds is 61. The second-order valence-corrected chi connectivity index (χ2v) is 27.8. The van der Waals surface area contributed by atoms with Crippen LogP contribution in [0.25, 0.3) is 0 Å². The molecule has 96 heavy (non-hydrogen) atoms. The van der Waals surface area contributed by atoms with E-state index >= 15 is 0 Å². The molecule has 0 spiro atoms. The third-order valence-corrected chi connectivity index (χ3v) is 19.4. The first-order valence-corrected chi connectivity index (χ1v) is 38.9. The summed E-state index contributed by atoms with van der Waals surface area (Å²) in [6.07, 6.45) is 44.8. The highest BCUT2D eigenvalue weighted by molar-refractivity contribution is 5.76. The van der Waals surface area contributed by atoms with Crippen LogP contribution < -0.4 is 5.32 Å². The van der Waals surface area contributed by atoms with E-state index in [0.717, 1.165) is 83.5 Å². The van der Waals surface area contributed by atoms with Gasteiger partial charge in [-0.05, 0) is 51.4 Å². The van der Waals surface area contributed by atoms with Crippen molar-refractivity contribution in [3.8, 4) is 0 Å². The number of amides is 1. The minimum atomic E-state index is -1.98. The first kappa shape index (κ1) is 88.0. The Morgan fingerprint density at radius 1 is 0.385 bits per heavy atom. The van der Waals surface area contributed by atoms with Gasteiger partial charge in [0.05, 0.1) is 38.6 Å². The van der Waals surface area contributed by atoms with Crippen LogP contribution in [-0.4, -0.2) is 193 Å². The molecule has 3 aliphatic rings. The molecule has 0 aliphatic carbocycles. The van der Waals surface area contributed by atoms with E-state index < -0.39 is 124 Å². The van der Waals surface area contributed by atoms with Crippen LogP contribution >= 0.6 is 0 Å². The number of ether oxygens (including phenoxy) is 6. The van der Waals surface area contributed by atoms with Crippen LogP contribution in [0.4, 0.5) is 0 Å². The second-order valence-electron chi connectivity index (χ2n) is 27.8. The fourth-order valence-electron chi connectivity index (χ4n) is 13.2. The van der Waals surface area contributed by atoms with Gasteiger partial charge in [-0.2, -0.15) is 0 Å². The summed E-state index contributed by atoms with van der Waals surface area (Å²) in [4.78, 5) is 13.5. The summed E-state index contributed by atoms with van der Waals surface area (Å²) in [7, 11) is 0. The Bertz CT molecular complexity index is 1930. The maximum Gasteiger partial charge on any atom is 0.220 e. The van der Waals surface area contributed by atoms with Gasteiger partial charge in [-0.15, -0.1) is 0 Å². The van der Waals surface area contributed by atoms with Crippen molar-refractivity contribution in [2.24, 2.45) is 0 Å². The molecule has 0 bridgehead atoms. The fourth-order valence-corrected chi connectivity index (χ4v) is 13.2. The Labute approximate surface area is 580 Å². The molecule has 562 valence electrons. The predicted molar refractivity (Wildman–Crippen MR) is 379 cm³/mol. The molecule has 17 atom stereocenters. The van der Waals surface area contributed by atoms with E-state index in [1.54, 1.807) is 0 Å². The summed E-state index contributed by atoms with van der Waals surface area (Å²) in [6.45, 7) is 1.72. The number of allylic oxidation sites excluding steroid dienone is 8. The average Bonchev–Trinajstić information content (AvgIpc) is 0.785. The number of carbonyl (C=O) groups excluding carboxylic acids is 1. The molecule has 0 aromatic rings. The lowest BCUT2D eigenvalue weighted by Gasteiger charge is -2.48. The highest BCUT2D eigenvalue weighted by atomic mass is 16.8. The number of aliphatic hydroxyl groups is 11. The van der Waals surface area contributed by atoms with Gasteiger partial charge in [0, 0.05) is 6.42 Å². The smallest absolute Gasteiger partial charge is 0.220 e. The maximum absolute atomic E-state index is 13.5. The largest absolute Gasteiger partial charge is 0.394 e.